The van der Waals surface area contributed by atoms with Gasteiger partial charge in [0.1, 0.15) is 11.4 Å². The maximum atomic E-state index is 12.0. The van der Waals surface area contributed by atoms with E-state index in [0.717, 1.165) is 11.3 Å². The molecule has 0 saturated heterocycles. The van der Waals surface area contributed by atoms with Crippen molar-refractivity contribution in [2.24, 2.45) is 0 Å². The average Bonchev–Trinajstić information content (AvgIpc) is 2.64. The van der Waals surface area contributed by atoms with Crippen molar-refractivity contribution >= 4 is 11.8 Å². The Morgan fingerprint density at radius 2 is 1.92 bits per heavy atom. The fraction of sp³-hybridized carbons (Fsp3) is 0.400. The molecule has 1 aliphatic rings. The summed E-state index contributed by atoms with van der Waals surface area (Å²) < 4.78 is 16.1. The van der Waals surface area contributed by atoms with Gasteiger partial charge in [-0.05, 0) is 49.1 Å². The Hall–Kier alpha value is -2.40. The van der Waals surface area contributed by atoms with E-state index >= 15 is 0 Å². The molecule has 0 aromatic heterocycles. The van der Waals surface area contributed by atoms with Gasteiger partial charge in [0.2, 0.25) is 6.29 Å². The monoisotopic (exact) mass is 344 g/mol. The average molecular weight is 344 g/mol. The van der Waals surface area contributed by atoms with E-state index in [-0.39, 0.29) is 5.78 Å². The Morgan fingerprint density at radius 3 is 2.52 bits per heavy atom. The lowest BCUT2D eigenvalue weighted by Gasteiger charge is -2.34. The van der Waals surface area contributed by atoms with Gasteiger partial charge in [-0.1, -0.05) is 32.1 Å². The van der Waals surface area contributed by atoms with E-state index in [9.17, 15) is 9.59 Å². The van der Waals surface area contributed by atoms with Gasteiger partial charge >= 0.3 is 5.97 Å². The minimum absolute atomic E-state index is 0.0835. The van der Waals surface area contributed by atoms with Crippen LogP contribution in [-0.4, -0.2) is 30.8 Å². The molecule has 2 rings (SSSR count). The lowest BCUT2D eigenvalue weighted by atomic mass is 9.90. The van der Waals surface area contributed by atoms with Crippen LogP contribution in [0.2, 0.25) is 0 Å². The maximum Gasteiger partial charge on any atom is 0.332 e. The third kappa shape index (κ3) is 4.79. The molecule has 1 aliphatic heterocycles. The normalized spacial score (nSPS) is 19.2. The second-order valence-corrected chi connectivity index (χ2v) is 5.80. The third-order valence-electron chi connectivity index (χ3n) is 4.34. The van der Waals surface area contributed by atoms with Crippen molar-refractivity contribution in [1.29, 1.82) is 0 Å². The van der Waals surface area contributed by atoms with Crippen molar-refractivity contribution in [3.63, 3.8) is 0 Å². The summed E-state index contributed by atoms with van der Waals surface area (Å²) in [6.07, 6.45) is 6.85. The minimum Gasteiger partial charge on any atom is -0.497 e. The zero-order valence-electron chi connectivity index (χ0n) is 14.9. The van der Waals surface area contributed by atoms with E-state index < -0.39 is 17.9 Å². The molecule has 0 aliphatic carbocycles. The SMILES string of the molecule is CCC1(CC)O[C@@H](OC(=O)/C=C/Cc2ccc(OC)cc2)C=CC1=O. The smallest absolute Gasteiger partial charge is 0.332 e. The lowest BCUT2D eigenvalue weighted by Crippen LogP contribution is -2.46. The summed E-state index contributed by atoms with van der Waals surface area (Å²) in [5.41, 5.74) is 0.159. The van der Waals surface area contributed by atoms with Crippen LogP contribution in [0, 0.1) is 0 Å². The number of rotatable bonds is 7. The first kappa shape index (κ1) is 18.9. The van der Waals surface area contributed by atoms with Crippen molar-refractivity contribution in [1.82, 2.24) is 0 Å². The lowest BCUT2D eigenvalue weighted by molar-refractivity contribution is -0.199. The van der Waals surface area contributed by atoms with Crippen LogP contribution in [0.15, 0.2) is 48.6 Å². The Balaban J connectivity index is 1.89. The topological polar surface area (TPSA) is 61.8 Å². The number of carbonyl (C=O) groups is 2. The number of hydrogen-bond acceptors (Lipinski definition) is 5. The predicted molar refractivity (Wildman–Crippen MR) is 94.3 cm³/mol. The van der Waals surface area contributed by atoms with E-state index in [0.29, 0.717) is 19.3 Å². The molecule has 25 heavy (non-hydrogen) atoms. The number of ether oxygens (including phenoxy) is 3. The first-order chi connectivity index (χ1) is 12.0. The number of allylic oxidation sites excluding steroid dienone is 1. The molecule has 1 aromatic carbocycles. The number of methoxy groups -OCH3 is 1. The largest absolute Gasteiger partial charge is 0.497 e. The summed E-state index contributed by atoms with van der Waals surface area (Å²) in [6, 6.07) is 7.61. The van der Waals surface area contributed by atoms with Crippen LogP contribution in [0.4, 0.5) is 0 Å². The van der Waals surface area contributed by atoms with Crippen LogP contribution in [0.1, 0.15) is 32.3 Å². The molecule has 0 unspecified atom stereocenters. The molecule has 1 aromatic rings. The zero-order valence-corrected chi connectivity index (χ0v) is 14.9. The van der Waals surface area contributed by atoms with E-state index in [1.165, 1.54) is 18.2 Å². The zero-order chi connectivity index (χ0) is 18.3. The summed E-state index contributed by atoms with van der Waals surface area (Å²) >= 11 is 0. The molecule has 5 heteroatoms. The summed E-state index contributed by atoms with van der Waals surface area (Å²) in [7, 11) is 1.62. The summed E-state index contributed by atoms with van der Waals surface area (Å²) in [5.74, 6) is 0.205. The van der Waals surface area contributed by atoms with Crippen molar-refractivity contribution < 1.29 is 23.8 Å². The highest BCUT2D eigenvalue weighted by Crippen LogP contribution is 2.28. The Bertz CT molecular complexity index is 653. The van der Waals surface area contributed by atoms with Gasteiger partial charge in [-0.2, -0.15) is 0 Å². The molecular formula is C20H24O5. The molecule has 0 saturated carbocycles. The van der Waals surface area contributed by atoms with Gasteiger partial charge in [0.05, 0.1) is 7.11 Å². The van der Waals surface area contributed by atoms with Gasteiger partial charge in [-0.25, -0.2) is 4.79 Å². The van der Waals surface area contributed by atoms with E-state index in [1.54, 1.807) is 13.2 Å². The molecule has 0 radical (unpaired) electrons. The van der Waals surface area contributed by atoms with Crippen molar-refractivity contribution in [3.05, 3.63) is 54.1 Å². The predicted octanol–water partition coefficient (Wildman–Crippen LogP) is 3.38. The molecule has 0 spiro atoms. The highest BCUT2D eigenvalue weighted by Gasteiger charge is 2.40. The Labute approximate surface area is 148 Å². The van der Waals surface area contributed by atoms with Gasteiger partial charge in [-0.3, -0.25) is 4.79 Å². The highest BCUT2D eigenvalue weighted by molar-refractivity contribution is 5.97. The van der Waals surface area contributed by atoms with Crippen molar-refractivity contribution in [2.75, 3.05) is 7.11 Å². The van der Waals surface area contributed by atoms with Crippen molar-refractivity contribution in [2.45, 2.75) is 45.0 Å². The molecule has 0 N–H and O–H groups in total. The van der Waals surface area contributed by atoms with Crippen LogP contribution < -0.4 is 4.74 Å². The number of carbonyl (C=O) groups excluding carboxylic acids is 2. The molecule has 0 amide bonds. The van der Waals surface area contributed by atoms with Crippen LogP contribution in [0.25, 0.3) is 0 Å². The van der Waals surface area contributed by atoms with Gasteiger partial charge in [0, 0.05) is 6.08 Å². The Kier molecular flexibility index (Phi) is 6.53. The molecular weight excluding hydrogens is 320 g/mol. The molecule has 134 valence electrons. The molecule has 5 nitrogen and oxygen atoms in total. The third-order valence-corrected chi connectivity index (χ3v) is 4.34. The number of benzene rings is 1. The van der Waals surface area contributed by atoms with Gasteiger partial charge in [-0.15, -0.1) is 0 Å². The Morgan fingerprint density at radius 1 is 1.24 bits per heavy atom. The maximum absolute atomic E-state index is 12.0. The first-order valence-corrected chi connectivity index (χ1v) is 8.43. The fourth-order valence-electron chi connectivity index (χ4n) is 2.67. The number of esters is 1. The van der Waals surface area contributed by atoms with Gasteiger partial charge in [0.15, 0.2) is 5.78 Å². The fourth-order valence-corrected chi connectivity index (χ4v) is 2.67. The van der Waals surface area contributed by atoms with Crippen molar-refractivity contribution in [3.8, 4) is 5.75 Å². The quantitative estimate of drug-likeness (QED) is 0.560. The van der Waals surface area contributed by atoms with Gasteiger partial charge < -0.3 is 14.2 Å². The summed E-state index contributed by atoms with van der Waals surface area (Å²) in [5, 5.41) is 0. The van der Waals surface area contributed by atoms with E-state index in [1.807, 2.05) is 38.1 Å². The van der Waals surface area contributed by atoms with E-state index in [4.69, 9.17) is 14.2 Å². The number of ketones is 1. The van der Waals surface area contributed by atoms with Crippen LogP contribution in [0.3, 0.4) is 0 Å². The van der Waals surface area contributed by atoms with Gasteiger partial charge in [0.25, 0.3) is 0 Å². The molecule has 0 bridgehead atoms. The van der Waals surface area contributed by atoms with Crippen LogP contribution >= 0.6 is 0 Å². The second-order valence-electron chi connectivity index (χ2n) is 5.80. The molecule has 0 fully saturated rings. The first-order valence-electron chi connectivity index (χ1n) is 8.43. The highest BCUT2D eigenvalue weighted by atomic mass is 16.7. The van der Waals surface area contributed by atoms with Crippen LogP contribution in [-0.2, 0) is 25.5 Å². The van der Waals surface area contributed by atoms with Crippen LogP contribution in [0.5, 0.6) is 5.75 Å². The molecule has 1 atom stereocenters. The standard InChI is InChI=1S/C20H24O5/c1-4-20(5-2)17(21)13-14-19(25-20)24-18(22)8-6-7-15-9-11-16(23-3)12-10-15/h6,8-14,19H,4-5,7H2,1-3H3/b8-6+/t19-/m1/s1. The van der Waals surface area contributed by atoms with E-state index in [2.05, 4.69) is 0 Å². The summed E-state index contributed by atoms with van der Waals surface area (Å²) in [6.45, 7) is 3.77. The molecule has 1 heterocycles. The number of hydrogen-bond donors (Lipinski definition) is 0. The summed E-state index contributed by atoms with van der Waals surface area (Å²) in [4.78, 5) is 24.0. The second kappa shape index (κ2) is 8.62. The minimum atomic E-state index is -0.896.